The number of nitrogens with zero attached hydrogens (tertiary/aromatic N) is 2. The van der Waals surface area contributed by atoms with Crippen molar-refractivity contribution in [1.29, 1.82) is 0 Å². The minimum atomic E-state index is -0.150. The Balaban J connectivity index is 1.73. The van der Waals surface area contributed by atoms with Crippen molar-refractivity contribution in [1.82, 2.24) is 9.80 Å². The maximum atomic E-state index is 12.5. The highest BCUT2D eigenvalue weighted by atomic mass is 16.2. The fraction of sp³-hybridized carbons (Fsp3) is 0.857. The molecule has 4 nitrogen and oxygen atoms in total. The lowest BCUT2D eigenvalue weighted by Crippen LogP contribution is -2.50. The zero-order valence-electron chi connectivity index (χ0n) is 11.1. The van der Waals surface area contributed by atoms with Gasteiger partial charge in [-0.05, 0) is 37.5 Å². The van der Waals surface area contributed by atoms with Crippen LogP contribution in [0.25, 0.3) is 0 Å². The van der Waals surface area contributed by atoms with Crippen LogP contribution in [0.15, 0.2) is 0 Å². The maximum absolute atomic E-state index is 12.5. The van der Waals surface area contributed by atoms with Crippen LogP contribution in [0.4, 0.5) is 0 Å². The summed E-state index contributed by atoms with van der Waals surface area (Å²) in [5, 5.41) is 0. The van der Waals surface area contributed by atoms with E-state index in [0.717, 1.165) is 38.3 Å². The molecule has 2 aliphatic heterocycles. The summed E-state index contributed by atoms with van der Waals surface area (Å²) in [6, 6.07) is -0.150. The largest absolute Gasteiger partial charge is 0.340 e. The molecule has 0 N–H and O–H groups in total. The number of fused-ring (bicyclic) bond motifs is 1. The number of hydrogen-bond donors (Lipinski definition) is 0. The van der Waals surface area contributed by atoms with Crippen molar-refractivity contribution in [2.24, 2.45) is 11.8 Å². The van der Waals surface area contributed by atoms with Gasteiger partial charge in [-0.25, -0.2) is 0 Å². The van der Waals surface area contributed by atoms with Crippen molar-refractivity contribution in [3.8, 4) is 0 Å². The summed E-state index contributed by atoms with van der Waals surface area (Å²) in [5.41, 5.74) is 0. The van der Waals surface area contributed by atoms with E-state index in [0.29, 0.717) is 18.9 Å². The molecule has 1 saturated carbocycles. The maximum Gasteiger partial charge on any atom is 0.245 e. The second-order valence-corrected chi connectivity index (χ2v) is 6.11. The van der Waals surface area contributed by atoms with Crippen molar-refractivity contribution in [2.75, 3.05) is 19.6 Å². The van der Waals surface area contributed by atoms with E-state index in [2.05, 4.69) is 6.92 Å². The van der Waals surface area contributed by atoms with Gasteiger partial charge in [0.1, 0.15) is 6.04 Å². The third-order valence-electron chi connectivity index (χ3n) is 4.75. The molecule has 0 aromatic heterocycles. The van der Waals surface area contributed by atoms with Gasteiger partial charge in [0, 0.05) is 26.1 Å². The van der Waals surface area contributed by atoms with E-state index in [-0.39, 0.29) is 17.9 Å². The van der Waals surface area contributed by atoms with E-state index in [1.807, 2.05) is 9.80 Å². The van der Waals surface area contributed by atoms with E-state index in [9.17, 15) is 9.59 Å². The van der Waals surface area contributed by atoms with Gasteiger partial charge in [-0.2, -0.15) is 0 Å². The topological polar surface area (TPSA) is 40.6 Å². The lowest BCUT2D eigenvalue weighted by Gasteiger charge is -2.34. The molecule has 0 aromatic carbocycles. The van der Waals surface area contributed by atoms with Gasteiger partial charge in [0.25, 0.3) is 0 Å². The molecule has 3 aliphatic rings. The summed E-state index contributed by atoms with van der Waals surface area (Å²) in [6.07, 6.45) is 4.75. The predicted molar refractivity (Wildman–Crippen MR) is 67.8 cm³/mol. The number of rotatable bonds is 2. The SMILES string of the molecule is CC1CC1CN1CCC(=O)N2CCCCC2C1=O. The Kier molecular flexibility index (Phi) is 3.04. The molecule has 18 heavy (non-hydrogen) atoms. The van der Waals surface area contributed by atoms with Gasteiger partial charge < -0.3 is 9.80 Å². The van der Waals surface area contributed by atoms with E-state index >= 15 is 0 Å². The molecular formula is C14H22N2O2. The van der Waals surface area contributed by atoms with Crippen LogP contribution in [0.5, 0.6) is 0 Å². The normalized spacial score (nSPS) is 36.4. The van der Waals surface area contributed by atoms with Crippen molar-refractivity contribution in [3.63, 3.8) is 0 Å². The Labute approximate surface area is 108 Å². The predicted octanol–water partition coefficient (Wildman–Crippen LogP) is 1.26. The van der Waals surface area contributed by atoms with Gasteiger partial charge in [-0.3, -0.25) is 9.59 Å². The standard InChI is InChI=1S/C14H22N2O2/c1-10-8-11(10)9-15-7-5-13(17)16-6-3-2-4-12(16)14(15)18/h10-12H,2-9H2,1H3. The Bertz CT molecular complexity index is 369. The third-order valence-corrected chi connectivity index (χ3v) is 4.75. The summed E-state index contributed by atoms with van der Waals surface area (Å²) in [5.74, 6) is 1.83. The minimum absolute atomic E-state index is 0.150. The van der Waals surface area contributed by atoms with Crippen molar-refractivity contribution in [2.45, 2.75) is 45.1 Å². The van der Waals surface area contributed by atoms with Crippen molar-refractivity contribution >= 4 is 11.8 Å². The van der Waals surface area contributed by atoms with Crippen molar-refractivity contribution in [3.05, 3.63) is 0 Å². The molecular weight excluding hydrogens is 228 g/mol. The van der Waals surface area contributed by atoms with Crippen LogP contribution in [0.3, 0.4) is 0 Å². The monoisotopic (exact) mass is 250 g/mol. The zero-order valence-corrected chi connectivity index (χ0v) is 11.1. The van der Waals surface area contributed by atoms with Gasteiger partial charge in [-0.1, -0.05) is 6.92 Å². The second kappa shape index (κ2) is 4.56. The lowest BCUT2D eigenvalue weighted by molar-refractivity contribution is -0.143. The molecule has 4 heteroatoms. The zero-order chi connectivity index (χ0) is 12.7. The molecule has 2 amide bonds. The Morgan fingerprint density at radius 3 is 2.72 bits per heavy atom. The van der Waals surface area contributed by atoms with Gasteiger partial charge in [0.15, 0.2) is 0 Å². The lowest BCUT2D eigenvalue weighted by atomic mass is 10.0. The molecule has 0 bridgehead atoms. The van der Waals surface area contributed by atoms with Gasteiger partial charge in [0.2, 0.25) is 11.8 Å². The Hall–Kier alpha value is -1.06. The second-order valence-electron chi connectivity index (χ2n) is 6.11. The smallest absolute Gasteiger partial charge is 0.245 e. The Morgan fingerprint density at radius 1 is 1.22 bits per heavy atom. The molecule has 3 fully saturated rings. The molecule has 3 rings (SSSR count). The molecule has 100 valence electrons. The molecule has 3 atom stereocenters. The van der Waals surface area contributed by atoms with Gasteiger partial charge >= 0.3 is 0 Å². The van der Waals surface area contributed by atoms with E-state index in [4.69, 9.17) is 0 Å². The molecule has 2 heterocycles. The Morgan fingerprint density at radius 2 is 2.00 bits per heavy atom. The highest BCUT2D eigenvalue weighted by Gasteiger charge is 2.41. The number of hydrogen-bond acceptors (Lipinski definition) is 2. The first-order valence-corrected chi connectivity index (χ1v) is 7.25. The summed E-state index contributed by atoms with van der Waals surface area (Å²) in [7, 11) is 0. The summed E-state index contributed by atoms with van der Waals surface area (Å²) in [4.78, 5) is 28.4. The summed E-state index contributed by atoms with van der Waals surface area (Å²) < 4.78 is 0. The third kappa shape index (κ3) is 2.13. The summed E-state index contributed by atoms with van der Waals surface area (Å²) >= 11 is 0. The minimum Gasteiger partial charge on any atom is -0.340 e. The molecule has 1 aliphatic carbocycles. The van der Waals surface area contributed by atoms with Crippen LogP contribution in [0.1, 0.15) is 39.0 Å². The molecule has 2 saturated heterocycles. The van der Waals surface area contributed by atoms with Crippen molar-refractivity contribution < 1.29 is 9.59 Å². The number of carbonyl (C=O) groups is 2. The fourth-order valence-corrected chi connectivity index (χ4v) is 3.30. The highest BCUT2D eigenvalue weighted by molar-refractivity contribution is 5.90. The molecule has 0 spiro atoms. The fourth-order valence-electron chi connectivity index (χ4n) is 3.30. The van der Waals surface area contributed by atoms with Crippen LogP contribution in [0.2, 0.25) is 0 Å². The van der Waals surface area contributed by atoms with Crippen LogP contribution in [0, 0.1) is 11.8 Å². The number of piperidine rings is 1. The number of amides is 2. The van der Waals surface area contributed by atoms with Crippen LogP contribution >= 0.6 is 0 Å². The first-order valence-electron chi connectivity index (χ1n) is 7.25. The molecule has 3 unspecified atom stereocenters. The van der Waals surface area contributed by atoms with Gasteiger partial charge in [0.05, 0.1) is 0 Å². The molecule has 0 aromatic rings. The van der Waals surface area contributed by atoms with Crippen LogP contribution in [-0.2, 0) is 9.59 Å². The quantitative estimate of drug-likeness (QED) is 0.740. The van der Waals surface area contributed by atoms with Gasteiger partial charge in [-0.15, -0.1) is 0 Å². The number of carbonyl (C=O) groups excluding carboxylic acids is 2. The van der Waals surface area contributed by atoms with E-state index in [1.54, 1.807) is 0 Å². The average molecular weight is 250 g/mol. The highest BCUT2D eigenvalue weighted by Crippen LogP contribution is 2.38. The first-order chi connectivity index (χ1) is 8.66. The first kappa shape index (κ1) is 12.0. The average Bonchev–Trinajstić information content (AvgIpc) is 3.09. The van der Waals surface area contributed by atoms with E-state index in [1.165, 1.54) is 6.42 Å². The van der Waals surface area contributed by atoms with E-state index < -0.39 is 0 Å². The van der Waals surface area contributed by atoms with Crippen LogP contribution in [-0.4, -0.2) is 47.3 Å². The van der Waals surface area contributed by atoms with Crippen LogP contribution < -0.4 is 0 Å². The molecule has 0 radical (unpaired) electrons. The summed E-state index contributed by atoms with van der Waals surface area (Å²) in [6.45, 7) is 4.53.